The molecule has 2 saturated heterocycles. The van der Waals surface area contributed by atoms with Crippen LogP contribution in [-0.2, 0) is 11.0 Å². The van der Waals surface area contributed by atoms with E-state index in [1.807, 2.05) is 16.7 Å². The number of nitrogens with zero attached hydrogens (tertiary/aromatic N) is 7. The molecule has 0 aliphatic carbocycles. The molecule has 0 aromatic carbocycles. The Bertz CT molecular complexity index is 942. The quantitative estimate of drug-likeness (QED) is 0.731. The summed E-state index contributed by atoms with van der Waals surface area (Å²) < 4.78 is 40.7. The van der Waals surface area contributed by atoms with Crippen LogP contribution in [0, 0.1) is 13.8 Å². The van der Waals surface area contributed by atoms with Gasteiger partial charge < -0.3 is 9.80 Å². The first-order chi connectivity index (χ1) is 14.8. The zero-order valence-corrected chi connectivity index (χ0v) is 18.0. The summed E-state index contributed by atoms with van der Waals surface area (Å²) in [5.41, 5.74) is 1.55. The second-order valence-corrected chi connectivity index (χ2v) is 8.39. The van der Waals surface area contributed by atoms with Crippen molar-refractivity contribution in [1.29, 1.82) is 0 Å². The Labute approximate surface area is 179 Å². The monoisotopic (exact) mass is 439 g/mol. The van der Waals surface area contributed by atoms with Crippen molar-refractivity contribution < 1.29 is 18.0 Å². The van der Waals surface area contributed by atoms with Gasteiger partial charge in [-0.3, -0.25) is 9.69 Å². The summed E-state index contributed by atoms with van der Waals surface area (Å²) in [5.74, 6) is -0.441. The average Bonchev–Trinajstić information content (AvgIpc) is 2.98. The van der Waals surface area contributed by atoms with Gasteiger partial charge in [-0.15, -0.1) is 15.3 Å². The maximum Gasteiger partial charge on any atom is 0.453 e. The van der Waals surface area contributed by atoms with Gasteiger partial charge in [0.1, 0.15) is 0 Å². The highest BCUT2D eigenvalue weighted by molar-refractivity contribution is 5.78. The Morgan fingerprint density at radius 3 is 2.16 bits per heavy atom. The predicted octanol–water partition coefficient (Wildman–Crippen LogP) is 2.28. The van der Waals surface area contributed by atoms with Crippen molar-refractivity contribution in [3.05, 3.63) is 17.0 Å². The van der Waals surface area contributed by atoms with Crippen LogP contribution in [0.5, 0.6) is 0 Å². The topological polar surface area (TPSA) is 69.9 Å². The van der Waals surface area contributed by atoms with Crippen molar-refractivity contribution in [3.8, 4) is 0 Å². The molecule has 2 fully saturated rings. The van der Waals surface area contributed by atoms with Gasteiger partial charge in [-0.1, -0.05) is 12.8 Å². The van der Waals surface area contributed by atoms with Crippen LogP contribution < -0.4 is 4.90 Å². The van der Waals surface area contributed by atoms with Gasteiger partial charge in [0.2, 0.25) is 5.91 Å². The number of hydrogen-bond acceptors (Lipinski definition) is 6. The molecular weight excluding hydrogens is 411 g/mol. The minimum Gasteiger partial charge on any atom is -0.352 e. The molecule has 0 spiro atoms. The van der Waals surface area contributed by atoms with Crippen LogP contribution in [0.4, 0.5) is 19.0 Å². The van der Waals surface area contributed by atoms with E-state index in [4.69, 9.17) is 0 Å². The Kier molecular flexibility index (Phi) is 6.05. The standard InChI is InChI=1S/C20H28F3N7O/c1-14-15(2)18(26-30-17(14)24-25-19(30)20(21,22)23)29-11-9-27(10-12-29)13-16(31)28-7-5-3-4-6-8-28/h3-13H2,1-2H3. The Morgan fingerprint density at radius 1 is 0.903 bits per heavy atom. The molecule has 8 nitrogen and oxygen atoms in total. The lowest BCUT2D eigenvalue weighted by Crippen LogP contribution is -2.50. The highest BCUT2D eigenvalue weighted by atomic mass is 19.4. The van der Waals surface area contributed by atoms with Crippen LogP contribution in [-0.4, -0.2) is 81.3 Å². The van der Waals surface area contributed by atoms with Crippen molar-refractivity contribution >= 4 is 17.4 Å². The van der Waals surface area contributed by atoms with E-state index in [2.05, 4.69) is 20.2 Å². The molecule has 0 bridgehead atoms. The zero-order chi connectivity index (χ0) is 22.2. The predicted molar refractivity (Wildman–Crippen MR) is 109 cm³/mol. The molecule has 11 heteroatoms. The first-order valence-electron chi connectivity index (χ1n) is 10.8. The molecule has 31 heavy (non-hydrogen) atoms. The highest BCUT2D eigenvalue weighted by Gasteiger charge is 2.38. The third-order valence-corrected chi connectivity index (χ3v) is 6.31. The van der Waals surface area contributed by atoms with E-state index in [1.165, 1.54) is 12.8 Å². The fourth-order valence-electron chi connectivity index (χ4n) is 4.32. The average molecular weight is 439 g/mol. The number of halogens is 3. The number of amides is 1. The molecule has 0 N–H and O–H groups in total. The molecule has 0 unspecified atom stereocenters. The lowest BCUT2D eigenvalue weighted by molar-refractivity contribution is -0.146. The van der Waals surface area contributed by atoms with E-state index in [-0.39, 0.29) is 11.6 Å². The molecule has 4 heterocycles. The van der Waals surface area contributed by atoms with E-state index < -0.39 is 12.0 Å². The summed E-state index contributed by atoms with van der Waals surface area (Å²) in [6.07, 6.45) is -0.134. The van der Waals surface area contributed by atoms with Crippen molar-refractivity contribution in [1.82, 2.24) is 29.6 Å². The number of piperazine rings is 1. The third kappa shape index (κ3) is 4.46. The highest BCUT2D eigenvalue weighted by Crippen LogP contribution is 2.30. The first-order valence-corrected chi connectivity index (χ1v) is 10.8. The maximum absolute atomic E-state index is 13.3. The number of fused-ring (bicyclic) bond motifs is 1. The second kappa shape index (κ2) is 8.60. The number of hydrogen-bond donors (Lipinski definition) is 0. The molecule has 4 rings (SSSR count). The SMILES string of the molecule is Cc1c(N2CCN(CC(=O)N3CCCCCC3)CC2)nn2c(C(F)(F)F)nnc2c1C. The summed E-state index contributed by atoms with van der Waals surface area (Å²) in [4.78, 5) is 18.7. The van der Waals surface area contributed by atoms with Gasteiger partial charge in [-0.25, -0.2) is 0 Å². The van der Waals surface area contributed by atoms with Gasteiger partial charge in [0.25, 0.3) is 5.82 Å². The van der Waals surface area contributed by atoms with Crippen LogP contribution in [0.3, 0.4) is 0 Å². The smallest absolute Gasteiger partial charge is 0.352 e. The fourth-order valence-corrected chi connectivity index (χ4v) is 4.32. The molecule has 2 aromatic rings. The molecule has 170 valence electrons. The molecule has 2 aromatic heterocycles. The van der Waals surface area contributed by atoms with Gasteiger partial charge in [0.15, 0.2) is 11.5 Å². The van der Waals surface area contributed by atoms with Crippen LogP contribution in [0.1, 0.15) is 42.6 Å². The maximum atomic E-state index is 13.3. The number of anilines is 1. The molecule has 0 radical (unpaired) electrons. The summed E-state index contributed by atoms with van der Waals surface area (Å²) >= 11 is 0. The normalized spacial score (nSPS) is 19.1. The third-order valence-electron chi connectivity index (χ3n) is 6.31. The molecule has 2 aliphatic heterocycles. The van der Waals surface area contributed by atoms with Crippen LogP contribution >= 0.6 is 0 Å². The van der Waals surface area contributed by atoms with Gasteiger partial charge in [-0.05, 0) is 26.7 Å². The number of aryl methyl sites for hydroxylation is 1. The van der Waals surface area contributed by atoms with Crippen molar-refractivity contribution in [2.45, 2.75) is 45.7 Å². The summed E-state index contributed by atoms with van der Waals surface area (Å²) in [6, 6.07) is 0. The minimum absolute atomic E-state index is 0.121. The van der Waals surface area contributed by atoms with E-state index >= 15 is 0 Å². The molecule has 0 atom stereocenters. The van der Waals surface area contributed by atoms with Gasteiger partial charge >= 0.3 is 6.18 Å². The van der Waals surface area contributed by atoms with E-state index in [0.29, 0.717) is 44.1 Å². The van der Waals surface area contributed by atoms with Gasteiger partial charge in [0, 0.05) is 50.4 Å². The first kappa shape index (κ1) is 21.8. The summed E-state index contributed by atoms with van der Waals surface area (Å²) in [7, 11) is 0. The number of carbonyl (C=O) groups excluding carboxylic acids is 1. The van der Waals surface area contributed by atoms with Crippen LogP contribution in [0.2, 0.25) is 0 Å². The molecular formula is C20H28F3N7O. The lowest BCUT2D eigenvalue weighted by Gasteiger charge is -2.36. The van der Waals surface area contributed by atoms with Crippen molar-refractivity contribution in [3.63, 3.8) is 0 Å². The number of likely N-dealkylation sites (tertiary alicyclic amines) is 1. The number of rotatable bonds is 3. The van der Waals surface area contributed by atoms with E-state index in [1.54, 1.807) is 6.92 Å². The van der Waals surface area contributed by atoms with Crippen molar-refractivity contribution in [2.24, 2.45) is 0 Å². The number of alkyl halides is 3. The Hall–Kier alpha value is -2.43. The zero-order valence-electron chi connectivity index (χ0n) is 18.0. The van der Waals surface area contributed by atoms with E-state index in [9.17, 15) is 18.0 Å². The largest absolute Gasteiger partial charge is 0.453 e. The Balaban J connectivity index is 1.46. The fraction of sp³-hybridized carbons (Fsp3) is 0.700. The lowest BCUT2D eigenvalue weighted by atomic mass is 10.1. The summed E-state index contributed by atoms with van der Waals surface area (Å²) in [5, 5.41) is 11.3. The number of carbonyl (C=O) groups is 1. The number of aromatic nitrogens is 4. The molecule has 1 amide bonds. The van der Waals surface area contributed by atoms with Crippen LogP contribution in [0.15, 0.2) is 0 Å². The Morgan fingerprint density at radius 2 is 1.55 bits per heavy atom. The van der Waals surface area contributed by atoms with Gasteiger partial charge in [-0.2, -0.15) is 17.7 Å². The van der Waals surface area contributed by atoms with Crippen LogP contribution in [0.25, 0.3) is 5.65 Å². The van der Waals surface area contributed by atoms with E-state index in [0.717, 1.165) is 36.0 Å². The minimum atomic E-state index is -4.63. The summed E-state index contributed by atoms with van der Waals surface area (Å²) in [6.45, 7) is 8.14. The van der Waals surface area contributed by atoms with Gasteiger partial charge in [0.05, 0.1) is 6.54 Å². The molecule has 0 saturated carbocycles. The second-order valence-electron chi connectivity index (χ2n) is 8.39. The van der Waals surface area contributed by atoms with Crippen molar-refractivity contribution in [2.75, 3.05) is 50.7 Å². The molecule has 2 aliphatic rings.